The molecule has 0 spiro atoms. The van der Waals surface area contributed by atoms with Gasteiger partial charge in [0.15, 0.2) is 0 Å². The summed E-state index contributed by atoms with van der Waals surface area (Å²) in [7, 11) is 1.27. The van der Waals surface area contributed by atoms with Crippen molar-refractivity contribution in [3.05, 3.63) is 28.2 Å². The zero-order valence-electron chi connectivity index (χ0n) is 7.53. The summed E-state index contributed by atoms with van der Waals surface area (Å²) in [4.78, 5) is 11.1. The second-order valence-corrected chi connectivity index (χ2v) is 3.56. The van der Waals surface area contributed by atoms with Crippen molar-refractivity contribution < 1.29 is 14.6 Å². The third kappa shape index (κ3) is 2.24. The highest BCUT2D eigenvalue weighted by Gasteiger charge is 2.18. The van der Waals surface area contributed by atoms with Gasteiger partial charge < -0.3 is 15.6 Å². The lowest BCUT2D eigenvalue weighted by atomic mass is 10.1. The van der Waals surface area contributed by atoms with Gasteiger partial charge >= 0.3 is 5.97 Å². The summed E-state index contributed by atoms with van der Waals surface area (Å²) in [5, 5.41) is 9.13. The van der Waals surface area contributed by atoms with Gasteiger partial charge in [0, 0.05) is 4.47 Å². The molecule has 14 heavy (non-hydrogen) atoms. The Hall–Kier alpha value is -1.07. The average Bonchev–Trinajstić information content (AvgIpc) is 2.15. The van der Waals surface area contributed by atoms with E-state index in [1.54, 1.807) is 6.07 Å². The molecule has 0 aromatic heterocycles. The molecular weight excluding hydrogens is 250 g/mol. The number of benzene rings is 1. The van der Waals surface area contributed by atoms with E-state index in [1.165, 1.54) is 19.2 Å². The Labute approximate surface area is 89.8 Å². The number of phenolic OH excluding ortho intramolecular Hbond substituents is 1. The Bertz CT molecular complexity index is 354. The van der Waals surface area contributed by atoms with Crippen LogP contribution in [-0.2, 0) is 9.53 Å². The maximum atomic E-state index is 11.1. The number of hydrogen-bond donors (Lipinski definition) is 2. The third-order valence-corrected chi connectivity index (χ3v) is 2.46. The van der Waals surface area contributed by atoms with Gasteiger partial charge in [-0.2, -0.15) is 0 Å². The summed E-state index contributed by atoms with van der Waals surface area (Å²) < 4.78 is 5.08. The second kappa shape index (κ2) is 4.43. The minimum atomic E-state index is -0.838. The van der Waals surface area contributed by atoms with Crippen molar-refractivity contribution in [3.63, 3.8) is 0 Å². The van der Waals surface area contributed by atoms with Crippen molar-refractivity contribution in [2.45, 2.75) is 6.04 Å². The molecule has 0 amide bonds. The first kappa shape index (κ1) is 11.0. The molecule has 0 aliphatic heterocycles. The van der Waals surface area contributed by atoms with Crippen LogP contribution in [0.3, 0.4) is 0 Å². The Morgan fingerprint density at radius 1 is 1.64 bits per heavy atom. The van der Waals surface area contributed by atoms with E-state index in [4.69, 9.17) is 10.8 Å². The molecular formula is C9H10BrNO3. The number of halogens is 1. The smallest absolute Gasteiger partial charge is 0.327 e. The highest BCUT2D eigenvalue weighted by atomic mass is 79.9. The molecule has 1 aromatic rings. The van der Waals surface area contributed by atoms with Crippen molar-refractivity contribution in [1.29, 1.82) is 0 Å². The number of nitrogens with two attached hydrogens (primary N) is 1. The number of carbonyl (C=O) groups is 1. The Balaban J connectivity index is 3.01. The van der Waals surface area contributed by atoms with Crippen LogP contribution in [0.2, 0.25) is 0 Å². The van der Waals surface area contributed by atoms with Crippen LogP contribution in [0.4, 0.5) is 0 Å². The molecule has 0 radical (unpaired) electrons. The summed E-state index contributed by atoms with van der Waals surface area (Å²) in [6, 6.07) is 3.66. The molecule has 0 bridgehead atoms. The largest absolute Gasteiger partial charge is 0.508 e. The van der Waals surface area contributed by atoms with E-state index in [-0.39, 0.29) is 5.75 Å². The highest BCUT2D eigenvalue weighted by molar-refractivity contribution is 9.10. The number of ether oxygens (including phenoxy) is 1. The van der Waals surface area contributed by atoms with Gasteiger partial charge in [-0.05, 0) is 17.7 Å². The van der Waals surface area contributed by atoms with Crippen LogP contribution in [0.25, 0.3) is 0 Å². The molecule has 0 saturated heterocycles. The summed E-state index contributed by atoms with van der Waals surface area (Å²) in [6.45, 7) is 0. The Kier molecular flexibility index (Phi) is 3.49. The Morgan fingerprint density at radius 3 is 2.79 bits per heavy atom. The molecule has 1 unspecified atom stereocenters. The van der Waals surface area contributed by atoms with E-state index < -0.39 is 12.0 Å². The fraction of sp³-hybridized carbons (Fsp3) is 0.222. The number of phenols is 1. The normalized spacial score (nSPS) is 12.2. The third-order valence-electron chi connectivity index (χ3n) is 1.77. The van der Waals surface area contributed by atoms with E-state index in [0.717, 1.165) is 0 Å². The molecule has 1 rings (SSSR count). The molecule has 4 nitrogen and oxygen atoms in total. The second-order valence-electron chi connectivity index (χ2n) is 2.71. The van der Waals surface area contributed by atoms with Crippen LogP contribution in [0.5, 0.6) is 5.75 Å². The fourth-order valence-corrected chi connectivity index (χ4v) is 1.64. The molecule has 76 valence electrons. The van der Waals surface area contributed by atoms with E-state index in [1.807, 2.05) is 0 Å². The molecule has 0 heterocycles. The van der Waals surface area contributed by atoms with E-state index in [0.29, 0.717) is 10.0 Å². The number of esters is 1. The van der Waals surface area contributed by atoms with Gasteiger partial charge in [0.1, 0.15) is 11.8 Å². The topological polar surface area (TPSA) is 72.5 Å². The molecule has 0 saturated carbocycles. The van der Waals surface area contributed by atoms with Crippen molar-refractivity contribution in [3.8, 4) is 5.75 Å². The molecule has 1 atom stereocenters. The minimum absolute atomic E-state index is 0.109. The van der Waals surface area contributed by atoms with E-state index in [9.17, 15) is 4.79 Å². The monoisotopic (exact) mass is 259 g/mol. The molecule has 0 fully saturated rings. The lowest BCUT2D eigenvalue weighted by molar-refractivity contribution is -0.142. The molecule has 3 N–H and O–H groups in total. The average molecular weight is 260 g/mol. The van der Waals surface area contributed by atoms with Gasteiger partial charge in [-0.1, -0.05) is 22.0 Å². The predicted octanol–water partition coefficient (Wildman–Crippen LogP) is 1.33. The zero-order chi connectivity index (χ0) is 10.7. The maximum absolute atomic E-state index is 11.1. The first-order valence-electron chi connectivity index (χ1n) is 3.88. The summed E-state index contributed by atoms with van der Waals surface area (Å²) in [5.74, 6) is -0.408. The van der Waals surface area contributed by atoms with Gasteiger partial charge in [0.2, 0.25) is 0 Å². The zero-order valence-corrected chi connectivity index (χ0v) is 9.11. The van der Waals surface area contributed by atoms with Gasteiger partial charge in [-0.25, -0.2) is 0 Å². The number of hydrogen-bond acceptors (Lipinski definition) is 4. The number of rotatable bonds is 2. The van der Waals surface area contributed by atoms with Crippen LogP contribution in [0, 0.1) is 0 Å². The van der Waals surface area contributed by atoms with Crippen LogP contribution < -0.4 is 5.73 Å². The first-order valence-corrected chi connectivity index (χ1v) is 4.67. The quantitative estimate of drug-likeness (QED) is 0.787. The van der Waals surface area contributed by atoms with E-state index >= 15 is 0 Å². The van der Waals surface area contributed by atoms with Crippen molar-refractivity contribution in [2.24, 2.45) is 5.73 Å². The Morgan fingerprint density at radius 2 is 2.29 bits per heavy atom. The highest BCUT2D eigenvalue weighted by Crippen LogP contribution is 2.26. The standard InChI is InChI=1S/C9H10BrNO3/c1-14-9(13)8(11)6-3-2-5(12)4-7(6)10/h2-4,8,12H,11H2,1H3. The molecule has 0 aliphatic rings. The number of aromatic hydroxyl groups is 1. The summed E-state index contributed by atoms with van der Waals surface area (Å²) >= 11 is 3.20. The van der Waals surface area contributed by atoms with Crippen molar-refractivity contribution in [1.82, 2.24) is 0 Å². The fourth-order valence-electron chi connectivity index (χ4n) is 1.02. The lowest BCUT2D eigenvalue weighted by Crippen LogP contribution is -2.22. The number of carbonyl (C=O) groups excluding carboxylic acids is 1. The van der Waals surface area contributed by atoms with Gasteiger partial charge in [-0.3, -0.25) is 4.79 Å². The van der Waals surface area contributed by atoms with Crippen LogP contribution in [-0.4, -0.2) is 18.2 Å². The molecule has 0 aliphatic carbocycles. The maximum Gasteiger partial charge on any atom is 0.327 e. The first-order chi connectivity index (χ1) is 6.56. The SMILES string of the molecule is COC(=O)C(N)c1ccc(O)cc1Br. The van der Waals surface area contributed by atoms with Crippen LogP contribution >= 0.6 is 15.9 Å². The lowest BCUT2D eigenvalue weighted by Gasteiger charge is -2.11. The van der Waals surface area contributed by atoms with E-state index in [2.05, 4.69) is 20.7 Å². The predicted molar refractivity (Wildman–Crippen MR) is 54.8 cm³/mol. The van der Waals surface area contributed by atoms with Gasteiger partial charge in [-0.15, -0.1) is 0 Å². The van der Waals surface area contributed by atoms with Crippen molar-refractivity contribution >= 4 is 21.9 Å². The van der Waals surface area contributed by atoms with Crippen molar-refractivity contribution in [2.75, 3.05) is 7.11 Å². The number of methoxy groups -OCH3 is 1. The minimum Gasteiger partial charge on any atom is -0.508 e. The van der Waals surface area contributed by atoms with Gasteiger partial charge in [0.25, 0.3) is 0 Å². The summed E-state index contributed by atoms with van der Waals surface area (Å²) in [5.41, 5.74) is 6.19. The van der Waals surface area contributed by atoms with Crippen LogP contribution in [0.15, 0.2) is 22.7 Å². The molecule has 5 heteroatoms. The van der Waals surface area contributed by atoms with Crippen LogP contribution in [0.1, 0.15) is 11.6 Å². The van der Waals surface area contributed by atoms with Gasteiger partial charge in [0.05, 0.1) is 7.11 Å². The molecule has 1 aromatic carbocycles. The summed E-state index contributed by atoms with van der Waals surface area (Å²) in [6.07, 6.45) is 0.